The zero-order chi connectivity index (χ0) is 13.2. The molecule has 0 radical (unpaired) electrons. The highest BCUT2D eigenvalue weighted by Gasteiger charge is 2.09. The summed E-state index contributed by atoms with van der Waals surface area (Å²) in [6.07, 6.45) is 5.37. The van der Waals surface area contributed by atoms with E-state index in [9.17, 15) is 0 Å². The van der Waals surface area contributed by atoms with Gasteiger partial charge in [-0.05, 0) is 23.8 Å². The Hall–Kier alpha value is -2.56. The Morgan fingerprint density at radius 2 is 2.16 bits per heavy atom. The lowest BCUT2D eigenvalue weighted by molar-refractivity contribution is 0.877. The van der Waals surface area contributed by atoms with Crippen LogP contribution in [0.5, 0.6) is 0 Å². The van der Waals surface area contributed by atoms with Gasteiger partial charge in [-0.2, -0.15) is 5.10 Å². The minimum absolute atomic E-state index is 0.753. The topological polar surface area (TPSA) is 59.5 Å². The standard InChI is InChI=1S/C14H15N5/c1-18(10-11-3-2-4-12(15)9-11)14-13-5-6-17-19(13)8-7-16-14/h2-9H,10,15H2,1H3. The SMILES string of the molecule is CN(Cc1cccc(N)c1)c1nccn2nccc12. The quantitative estimate of drug-likeness (QED) is 0.725. The molecule has 5 heteroatoms. The van der Waals surface area contributed by atoms with E-state index < -0.39 is 0 Å². The number of hydrogen-bond donors (Lipinski definition) is 1. The third-order valence-corrected chi connectivity index (χ3v) is 3.04. The highest BCUT2D eigenvalue weighted by atomic mass is 15.3. The summed E-state index contributed by atoms with van der Waals surface area (Å²) in [6, 6.07) is 9.85. The van der Waals surface area contributed by atoms with E-state index >= 15 is 0 Å². The second-order valence-electron chi connectivity index (χ2n) is 4.51. The van der Waals surface area contributed by atoms with Gasteiger partial charge in [-0.15, -0.1) is 0 Å². The van der Waals surface area contributed by atoms with Crippen LogP contribution in [0.4, 0.5) is 11.5 Å². The first-order valence-electron chi connectivity index (χ1n) is 6.08. The van der Waals surface area contributed by atoms with Crippen molar-refractivity contribution in [3.05, 3.63) is 54.5 Å². The van der Waals surface area contributed by atoms with Crippen molar-refractivity contribution in [2.24, 2.45) is 0 Å². The molecule has 0 atom stereocenters. The molecule has 3 rings (SSSR count). The molecule has 0 aliphatic carbocycles. The summed E-state index contributed by atoms with van der Waals surface area (Å²) in [5.41, 5.74) is 8.73. The molecule has 0 bridgehead atoms. The largest absolute Gasteiger partial charge is 0.399 e. The molecule has 1 aromatic carbocycles. The molecule has 0 aliphatic rings. The van der Waals surface area contributed by atoms with Crippen molar-refractivity contribution in [2.45, 2.75) is 6.54 Å². The predicted octanol–water partition coefficient (Wildman–Crippen LogP) is 1.95. The van der Waals surface area contributed by atoms with Gasteiger partial charge in [0.25, 0.3) is 0 Å². The smallest absolute Gasteiger partial charge is 0.154 e. The van der Waals surface area contributed by atoms with Gasteiger partial charge in [0.15, 0.2) is 5.82 Å². The molecule has 2 aromatic heterocycles. The molecule has 2 heterocycles. The van der Waals surface area contributed by atoms with Crippen molar-refractivity contribution in [3.8, 4) is 0 Å². The summed E-state index contributed by atoms with van der Waals surface area (Å²) in [6.45, 7) is 0.753. The van der Waals surface area contributed by atoms with Gasteiger partial charge in [0.2, 0.25) is 0 Å². The number of anilines is 2. The van der Waals surface area contributed by atoms with Crippen molar-refractivity contribution < 1.29 is 0 Å². The monoisotopic (exact) mass is 253 g/mol. The highest BCUT2D eigenvalue weighted by Crippen LogP contribution is 2.19. The number of hydrogen-bond acceptors (Lipinski definition) is 4. The van der Waals surface area contributed by atoms with Crippen molar-refractivity contribution in [1.29, 1.82) is 0 Å². The van der Waals surface area contributed by atoms with Gasteiger partial charge in [-0.1, -0.05) is 12.1 Å². The fourth-order valence-electron chi connectivity index (χ4n) is 2.18. The van der Waals surface area contributed by atoms with Crippen molar-refractivity contribution >= 4 is 17.0 Å². The fraction of sp³-hybridized carbons (Fsp3) is 0.143. The van der Waals surface area contributed by atoms with Gasteiger partial charge in [-0.25, -0.2) is 9.50 Å². The highest BCUT2D eigenvalue weighted by molar-refractivity contribution is 5.67. The lowest BCUT2D eigenvalue weighted by Crippen LogP contribution is -2.18. The van der Waals surface area contributed by atoms with Gasteiger partial charge < -0.3 is 10.6 Å². The molecule has 0 aliphatic heterocycles. The van der Waals surface area contributed by atoms with Crippen molar-refractivity contribution in [1.82, 2.24) is 14.6 Å². The lowest BCUT2D eigenvalue weighted by Gasteiger charge is -2.19. The Balaban J connectivity index is 1.91. The van der Waals surface area contributed by atoms with Gasteiger partial charge in [0, 0.05) is 31.7 Å². The van der Waals surface area contributed by atoms with Gasteiger partial charge >= 0.3 is 0 Å². The van der Waals surface area contributed by atoms with Crippen LogP contribution < -0.4 is 10.6 Å². The summed E-state index contributed by atoms with van der Waals surface area (Å²) in [7, 11) is 2.01. The van der Waals surface area contributed by atoms with Crippen LogP contribution in [0.15, 0.2) is 48.9 Å². The third kappa shape index (κ3) is 2.22. The molecule has 2 N–H and O–H groups in total. The summed E-state index contributed by atoms with van der Waals surface area (Å²) in [5, 5.41) is 4.21. The molecule has 0 spiro atoms. The average Bonchev–Trinajstić information content (AvgIpc) is 2.86. The Morgan fingerprint density at radius 3 is 3.00 bits per heavy atom. The van der Waals surface area contributed by atoms with E-state index in [1.807, 2.05) is 42.0 Å². The Bertz CT molecular complexity index is 704. The van der Waals surface area contributed by atoms with Crippen LogP contribution in [-0.2, 0) is 6.54 Å². The zero-order valence-electron chi connectivity index (χ0n) is 10.7. The number of nitrogens with two attached hydrogens (primary N) is 1. The van der Waals surface area contributed by atoms with E-state index in [1.165, 1.54) is 0 Å². The summed E-state index contributed by atoms with van der Waals surface area (Å²) in [4.78, 5) is 6.52. The van der Waals surface area contributed by atoms with E-state index in [2.05, 4.69) is 21.0 Å². The number of benzene rings is 1. The van der Waals surface area contributed by atoms with Crippen LogP contribution in [0.3, 0.4) is 0 Å². The lowest BCUT2D eigenvalue weighted by atomic mass is 10.2. The number of nitrogens with zero attached hydrogens (tertiary/aromatic N) is 4. The number of fused-ring (bicyclic) bond motifs is 1. The molecular weight excluding hydrogens is 238 g/mol. The molecule has 19 heavy (non-hydrogen) atoms. The van der Waals surface area contributed by atoms with E-state index in [-0.39, 0.29) is 0 Å². The van der Waals surface area contributed by atoms with Crippen LogP contribution in [0, 0.1) is 0 Å². The third-order valence-electron chi connectivity index (χ3n) is 3.04. The van der Waals surface area contributed by atoms with Crippen LogP contribution in [-0.4, -0.2) is 21.6 Å². The average molecular weight is 253 g/mol. The summed E-state index contributed by atoms with van der Waals surface area (Å²) in [5.74, 6) is 0.905. The van der Waals surface area contributed by atoms with Gasteiger partial charge in [0.1, 0.15) is 5.52 Å². The molecule has 0 unspecified atom stereocenters. The molecular formula is C14H15N5. The van der Waals surface area contributed by atoms with Crippen molar-refractivity contribution in [3.63, 3.8) is 0 Å². The maximum absolute atomic E-state index is 5.80. The first kappa shape index (κ1) is 11.5. The fourth-order valence-corrected chi connectivity index (χ4v) is 2.18. The van der Waals surface area contributed by atoms with Crippen LogP contribution in [0.2, 0.25) is 0 Å². The van der Waals surface area contributed by atoms with E-state index in [0.29, 0.717) is 0 Å². The summed E-state index contributed by atoms with van der Waals surface area (Å²) >= 11 is 0. The second kappa shape index (κ2) is 4.61. The van der Waals surface area contributed by atoms with Crippen LogP contribution in [0.25, 0.3) is 5.52 Å². The Kier molecular flexibility index (Phi) is 2.79. The second-order valence-corrected chi connectivity index (χ2v) is 4.51. The van der Waals surface area contributed by atoms with Crippen LogP contribution >= 0.6 is 0 Å². The normalized spacial score (nSPS) is 10.8. The maximum Gasteiger partial charge on any atom is 0.154 e. The van der Waals surface area contributed by atoms with Crippen molar-refractivity contribution in [2.75, 3.05) is 17.7 Å². The molecule has 3 aromatic rings. The first-order valence-corrected chi connectivity index (χ1v) is 6.08. The Morgan fingerprint density at radius 1 is 1.26 bits per heavy atom. The number of rotatable bonds is 3. The minimum Gasteiger partial charge on any atom is -0.399 e. The van der Waals surface area contributed by atoms with E-state index in [0.717, 1.165) is 29.1 Å². The van der Waals surface area contributed by atoms with Gasteiger partial charge in [0.05, 0.1) is 6.20 Å². The Labute approximate surface area is 111 Å². The van der Waals surface area contributed by atoms with E-state index in [1.54, 1.807) is 12.4 Å². The molecule has 0 fully saturated rings. The molecule has 96 valence electrons. The predicted molar refractivity (Wildman–Crippen MR) is 75.9 cm³/mol. The first-order chi connectivity index (χ1) is 9.24. The number of nitrogen functional groups attached to an aromatic ring is 1. The molecule has 0 amide bonds. The molecule has 0 saturated carbocycles. The zero-order valence-corrected chi connectivity index (χ0v) is 10.7. The van der Waals surface area contributed by atoms with Gasteiger partial charge in [-0.3, -0.25) is 0 Å². The molecule has 0 saturated heterocycles. The maximum atomic E-state index is 5.80. The number of aromatic nitrogens is 3. The van der Waals surface area contributed by atoms with Crippen LogP contribution in [0.1, 0.15) is 5.56 Å². The minimum atomic E-state index is 0.753. The van der Waals surface area contributed by atoms with E-state index in [4.69, 9.17) is 5.73 Å². The summed E-state index contributed by atoms with van der Waals surface area (Å²) < 4.78 is 1.82. The molecule has 5 nitrogen and oxygen atoms in total.